The zero-order valence-electron chi connectivity index (χ0n) is 12.2. The van der Waals surface area contributed by atoms with E-state index < -0.39 is 0 Å². The van der Waals surface area contributed by atoms with Gasteiger partial charge < -0.3 is 11.1 Å². The Morgan fingerprint density at radius 1 is 1.24 bits per heavy atom. The molecule has 0 atom stereocenters. The third kappa shape index (κ3) is 2.95. The fraction of sp³-hybridized carbons (Fsp3) is 0.353. The van der Waals surface area contributed by atoms with Crippen molar-refractivity contribution in [3.8, 4) is 0 Å². The molecule has 0 unspecified atom stereocenters. The number of carbonyl (C=O) groups excluding carboxylic acids is 1. The molecule has 0 bridgehead atoms. The predicted octanol–water partition coefficient (Wildman–Crippen LogP) is 3.45. The van der Waals surface area contributed by atoms with E-state index in [-0.39, 0.29) is 5.91 Å². The summed E-state index contributed by atoms with van der Waals surface area (Å²) in [6.45, 7) is 2.60. The van der Waals surface area contributed by atoms with Crippen LogP contribution in [0.2, 0.25) is 0 Å². The normalized spacial score (nSPS) is 13.8. The van der Waals surface area contributed by atoms with Crippen LogP contribution in [0.25, 0.3) is 0 Å². The largest absolute Gasteiger partial charge is 0.390 e. The summed E-state index contributed by atoms with van der Waals surface area (Å²) < 4.78 is 0. The highest BCUT2D eigenvalue weighted by Crippen LogP contribution is 2.36. The van der Waals surface area contributed by atoms with Crippen LogP contribution in [0.3, 0.4) is 0 Å². The Labute approximate surface area is 129 Å². The molecule has 4 heteroatoms. The number of hydrogen-bond donors (Lipinski definition) is 2. The van der Waals surface area contributed by atoms with E-state index in [0.29, 0.717) is 11.5 Å². The monoisotopic (exact) mass is 300 g/mol. The number of rotatable bonds is 3. The van der Waals surface area contributed by atoms with Gasteiger partial charge in [0.05, 0.1) is 10.6 Å². The third-order valence-corrected chi connectivity index (χ3v) is 5.12. The van der Waals surface area contributed by atoms with Crippen molar-refractivity contribution >= 4 is 22.2 Å². The lowest BCUT2D eigenvalue weighted by atomic mass is 9.95. The Morgan fingerprint density at radius 3 is 2.71 bits per heavy atom. The van der Waals surface area contributed by atoms with Crippen LogP contribution in [0.4, 0.5) is 5.00 Å². The highest BCUT2D eigenvalue weighted by Gasteiger charge is 2.23. The molecule has 0 saturated carbocycles. The Balaban J connectivity index is 1.73. The standard InChI is InChI=1S/C17H20N2OS/c1-11-6-8-12(9-7-11)10-19-17(20)15-13-4-2-3-5-14(13)21-16(15)18/h6-9H,2-5,10,18H2,1H3,(H,19,20). The summed E-state index contributed by atoms with van der Waals surface area (Å²) in [5, 5.41) is 3.67. The van der Waals surface area contributed by atoms with Gasteiger partial charge in [-0.05, 0) is 43.7 Å². The lowest BCUT2D eigenvalue weighted by Crippen LogP contribution is -2.24. The molecule has 3 rings (SSSR count). The molecule has 1 heterocycles. The van der Waals surface area contributed by atoms with E-state index in [1.165, 1.54) is 22.4 Å². The molecule has 2 aromatic rings. The molecule has 1 aliphatic carbocycles. The Hall–Kier alpha value is -1.81. The van der Waals surface area contributed by atoms with Crippen molar-refractivity contribution in [1.82, 2.24) is 5.32 Å². The Bertz CT molecular complexity index is 658. The number of nitrogen functional groups attached to an aromatic ring is 1. The third-order valence-electron chi connectivity index (χ3n) is 4.00. The highest BCUT2D eigenvalue weighted by molar-refractivity contribution is 7.16. The Morgan fingerprint density at radius 2 is 1.95 bits per heavy atom. The molecule has 21 heavy (non-hydrogen) atoms. The molecule has 0 fully saturated rings. The first-order chi connectivity index (χ1) is 10.1. The van der Waals surface area contributed by atoms with Crippen LogP contribution in [0.1, 0.15) is 44.8 Å². The summed E-state index contributed by atoms with van der Waals surface area (Å²) in [4.78, 5) is 13.8. The van der Waals surface area contributed by atoms with Gasteiger partial charge in [0.15, 0.2) is 0 Å². The topological polar surface area (TPSA) is 55.1 Å². The summed E-state index contributed by atoms with van der Waals surface area (Å²) >= 11 is 1.59. The summed E-state index contributed by atoms with van der Waals surface area (Å²) in [7, 11) is 0. The molecule has 3 N–H and O–H groups in total. The number of amides is 1. The molecular weight excluding hydrogens is 280 g/mol. The molecule has 0 aliphatic heterocycles. The number of anilines is 1. The maximum Gasteiger partial charge on any atom is 0.254 e. The Kier molecular flexibility index (Phi) is 3.97. The van der Waals surface area contributed by atoms with Crippen molar-refractivity contribution in [2.75, 3.05) is 5.73 Å². The second-order valence-electron chi connectivity index (χ2n) is 5.62. The maximum absolute atomic E-state index is 12.5. The number of nitrogens with one attached hydrogen (secondary N) is 1. The smallest absolute Gasteiger partial charge is 0.254 e. The van der Waals surface area contributed by atoms with Gasteiger partial charge in [0.25, 0.3) is 5.91 Å². The molecule has 1 aromatic heterocycles. The molecule has 1 aromatic carbocycles. The number of benzene rings is 1. The molecule has 0 radical (unpaired) electrons. The van der Waals surface area contributed by atoms with Crippen LogP contribution in [-0.2, 0) is 19.4 Å². The van der Waals surface area contributed by atoms with E-state index in [0.717, 1.165) is 30.4 Å². The predicted molar refractivity (Wildman–Crippen MR) is 87.7 cm³/mol. The zero-order valence-corrected chi connectivity index (χ0v) is 13.1. The van der Waals surface area contributed by atoms with E-state index in [1.54, 1.807) is 11.3 Å². The van der Waals surface area contributed by atoms with E-state index in [4.69, 9.17) is 5.73 Å². The van der Waals surface area contributed by atoms with Gasteiger partial charge in [0.1, 0.15) is 0 Å². The summed E-state index contributed by atoms with van der Waals surface area (Å²) in [5.41, 5.74) is 10.3. The van der Waals surface area contributed by atoms with Crippen LogP contribution in [-0.4, -0.2) is 5.91 Å². The molecule has 0 saturated heterocycles. The van der Waals surface area contributed by atoms with Crippen molar-refractivity contribution in [3.63, 3.8) is 0 Å². The van der Waals surface area contributed by atoms with Crippen molar-refractivity contribution in [1.29, 1.82) is 0 Å². The number of nitrogens with two attached hydrogens (primary N) is 1. The minimum Gasteiger partial charge on any atom is -0.390 e. The lowest BCUT2D eigenvalue weighted by Gasteiger charge is -2.13. The lowest BCUT2D eigenvalue weighted by molar-refractivity contribution is 0.0951. The van der Waals surface area contributed by atoms with E-state index in [9.17, 15) is 4.79 Å². The number of carbonyl (C=O) groups is 1. The summed E-state index contributed by atoms with van der Waals surface area (Å²) in [6, 6.07) is 8.20. The number of hydrogen-bond acceptors (Lipinski definition) is 3. The SMILES string of the molecule is Cc1ccc(CNC(=O)c2c(N)sc3c2CCCC3)cc1. The average molecular weight is 300 g/mol. The molecule has 0 spiro atoms. The maximum atomic E-state index is 12.5. The van der Waals surface area contributed by atoms with Crippen LogP contribution < -0.4 is 11.1 Å². The zero-order chi connectivity index (χ0) is 14.8. The molecule has 1 aliphatic rings. The fourth-order valence-electron chi connectivity index (χ4n) is 2.81. The van der Waals surface area contributed by atoms with Crippen LogP contribution in [0, 0.1) is 6.92 Å². The quantitative estimate of drug-likeness (QED) is 0.912. The fourth-order valence-corrected chi connectivity index (χ4v) is 3.97. The van der Waals surface area contributed by atoms with E-state index >= 15 is 0 Å². The van der Waals surface area contributed by atoms with Crippen molar-refractivity contribution < 1.29 is 4.79 Å². The van der Waals surface area contributed by atoms with Gasteiger partial charge in [-0.1, -0.05) is 29.8 Å². The number of aryl methyl sites for hydroxylation is 2. The molecule has 110 valence electrons. The first-order valence-corrected chi connectivity index (χ1v) is 8.20. The highest BCUT2D eigenvalue weighted by atomic mass is 32.1. The van der Waals surface area contributed by atoms with Crippen molar-refractivity contribution in [3.05, 3.63) is 51.4 Å². The minimum absolute atomic E-state index is 0.0347. The first-order valence-electron chi connectivity index (χ1n) is 7.39. The van der Waals surface area contributed by atoms with Gasteiger partial charge in [-0.2, -0.15) is 0 Å². The number of thiophene rings is 1. The van der Waals surface area contributed by atoms with Gasteiger partial charge >= 0.3 is 0 Å². The summed E-state index contributed by atoms with van der Waals surface area (Å²) in [5.74, 6) is -0.0347. The van der Waals surface area contributed by atoms with Crippen molar-refractivity contribution in [2.45, 2.75) is 39.2 Å². The van der Waals surface area contributed by atoms with Crippen molar-refractivity contribution in [2.24, 2.45) is 0 Å². The second kappa shape index (κ2) is 5.90. The summed E-state index contributed by atoms with van der Waals surface area (Å²) in [6.07, 6.45) is 4.41. The van der Waals surface area contributed by atoms with E-state index in [2.05, 4.69) is 24.4 Å². The minimum atomic E-state index is -0.0347. The van der Waals surface area contributed by atoms with Crippen LogP contribution in [0.5, 0.6) is 0 Å². The van der Waals surface area contributed by atoms with Gasteiger partial charge in [-0.25, -0.2) is 0 Å². The average Bonchev–Trinajstić information content (AvgIpc) is 2.82. The van der Waals surface area contributed by atoms with Gasteiger partial charge in [-0.15, -0.1) is 11.3 Å². The van der Waals surface area contributed by atoms with Gasteiger partial charge in [-0.3, -0.25) is 4.79 Å². The molecule has 3 nitrogen and oxygen atoms in total. The van der Waals surface area contributed by atoms with E-state index in [1.807, 2.05) is 12.1 Å². The molecule has 1 amide bonds. The van der Waals surface area contributed by atoms with Gasteiger partial charge in [0.2, 0.25) is 0 Å². The number of fused-ring (bicyclic) bond motifs is 1. The second-order valence-corrected chi connectivity index (χ2v) is 6.76. The first kappa shape index (κ1) is 14.1. The molecular formula is C17H20N2OS. The van der Waals surface area contributed by atoms with Crippen LogP contribution in [0.15, 0.2) is 24.3 Å². The van der Waals surface area contributed by atoms with Crippen LogP contribution >= 0.6 is 11.3 Å². The van der Waals surface area contributed by atoms with Gasteiger partial charge in [0, 0.05) is 11.4 Å².